The van der Waals surface area contributed by atoms with Crippen molar-refractivity contribution in [1.29, 1.82) is 0 Å². The number of carboxylic acid groups (broad SMARTS) is 1. The van der Waals surface area contributed by atoms with E-state index in [1.807, 2.05) is 0 Å². The van der Waals surface area contributed by atoms with Gasteiger partial charge in [0.15, 0.2) is 0 Å². The Morgan fingerprint density at radius 2 is 1.38 bits per heavy atom. The van der Waals surface area contributed by atoms with E-state index in [2.05, 4.69) is 6.92 Å². The molecule has 0 bridgehead atoms. The summed E-state index contributed by atoms with van der Waals surface area (Å²) in [6, 6.07) is 0. The third-order valence-electron chi connectivity index (χ3n) is 1.98. The van der Waals surface area contributed by atoms with Crippen LogP contribution in [-0.4, -0.2) is 17.7 Å². The molecule has 0 fully saturated rings. The Hall–Kier alpha value is -0.610. The molecule has 0 aromatic rings. The van der Waals surface area contributed by atoms with Crippen LogP contribution in [0.1, 0.15) is 65.2 Å². The maximum atomic E-state index is 10.0. The number of carboxylic acids is 1. The molecule has 0 aromatic heterocycles. The molecule has 0 amide bonds. The summed E-state index contributed by atoms with van der Waals surface area (Å²) in [5, 5.41) is 17.6. The highest BCUT2D eigenvalue weighted by atomic mass is 16.4. The third-order valence-corrected chi connectivity index (χ3v) is 1.98. The molecule has 0 heterocycles. The minimum atomic E-state index is -0.913. The normalized spacial score (nSPS) is 8.69. The third kappa shape index (κ3) is 29.2. The van der Waals surface area contributed by atoms with E-state index >= 15 is 0 Å². The van der Waals surface area contributed by atoms with E-state index in [1.165, 1.54) is 32.1 Å². The van der Waals surface area contributed by atoms with Crippen molar-refractivity contribution >= 4 is 5.97 Å². The van der Waals surface area contributed by atoms with Crippen LogP contribution in [0.25, 0.3) is 0 Å². The summed E-state index contributed by atoms with van der Waals surface area (Å²) in [4.78, 5) is 10.0. The van der Waals surface area contributed by atoms with Gasteiger partial charge in [0, 0.05) is 12.6 Å². The first-order chi connectivity index (χ1) is 7.18. The molecule has 0 aliphatic rings. The van der Waals surface area contributed by atoms with Crippen molar-refractivity contribution in [3.63, 3.8) is 0 Å². The lowest BCUT2D eigenvalue weighted by Gasteiger charge is -2.01. The van der Waals surface area contributed by atoms with Gasteiger partial charge in [-0.2, -0.15) is 0 Å². The van der Waals surface area contributed by atoms with Crippen molar-refractivity contribution in [1.82, 2.24) is 6.15 Å². The molecule has 0 aliphatic carbocycles. The lowest BCUT2D eigenvalue weighted by atomic mass is 10.1. The highest BCUT2D eigenvalue weighted by molar-refractivity contribution is 5.63. The molecule has 16 heavy (non-hydrogen) atoms. The molecule has 100 valence electrons. The number of quaternary nitrogens is 1. The number of rotatable bonds is 8. The molecule has 0 rings (SSSR count). The smallest absolute Gasteiger partial charge is 0.0414 e. The first-order valence-corrected chi connectivity index (χ1v) is 5.99. The molecule has 4 heteroatoms. The summed E-state index contributed by atoms with van der Waals surface area (Å²) in [5.41, 5.74) is 0. The summed E-state index contributed by atoms with van der Waals surface area (Å²) >= 11 is 0. The zero-order chi connectivity index (χ0) is 11.9. The van der Waals surface area contributed by atoms with Crippen LogP contribution in [0.2, 0.25) is 0 Å². The van der Waals surface area contributed by atoms with Crippen LogP contribution in [0, 0.1) is 0 Å². The zero-order valence-corrected chi connectivity index (χ0v) is 11.1. The summed E-state index contributed by atoms with van der Waals surface area (Å²) in [5.74, 6) is -0.913. The van der Waals surface area contributed by atoms with Crippen molar-refractivity contribution in [3.05, 3.63) is 0 Å². The van der Waals surface area contributed by atoms with Gasteiger partial charge in [-0.3, -0.25) is 0 Å². The first kappa shape index (κ1) is 20.8. The van der Waals surface area contributed by atoms with Crippen molar-refractivity contribution in [2.45, 2.75) is 65.2 Å². The standard InChI is InChI=1S/C10H20O2.C2H6O.H3N/c1-2-3-4-5-6-7-8-9-10(11)12;1-2-3;/h2-9H2,1H3,(H,11,12);3H,2H2,1H3;1H3. The van der Waals surface area contributed by atoms with Crippen molar-refractivity contribution in [2.75, 3.05) is 6.61 Å². The minimum Gasteiger partial charge on any atom is -0.550 e. The van der Waals surface area contributed by atoms with Crippen LogP contribution in [0.15, 0.2) is 0 Å². The van der Waals surface area contributed by atoms with Crippen LogP contribution < -0.4 is 11.3 Å². The Balaban J connectivity index is -0.000000377. The topological polar surface area (TPSA) is 96.9 Å². The van der Waals surface area contributed by atoms with Crippen LogP contribution >= 0.6 is 0 Å². The predicted molar refractivity (Wildman–Crippen MR) is 66.4 cm³/mol. The van der Waals surface area contributed by atoms with Gasteiger partial charge in [-0.25, -0.2) is 0 Å². The van der Waals surface area contributed by atoms with Crippen molar-refractivity contribution < 1.29 is 15.0 Å². The first-order valence-electron chi connectivity index (χ1n) is 5.99. The Morgan fingerprint density at radius 1 is 1.00 bits per heavy atom. The molecule has 0 atom stereocenters. The van der Waals surface area contributed by atoms with E-state index < -0.39 is 5.97 Å². The fourth-order valence-electron chi connectivity index (χ4n) is 1.23. The highest BCUT2D eigenvalue weighted by Crippen LogP contribution is 2.07. The number of carbonyl (C=O) groups is 1. The van der Waals surface area contributed by atoms with Gasteiger partial charge >= 0.3 is 0 Å². The number of unbranched alkanes of at least 4 members (excludes halogenated alkanes) is 6. The van der Waals surface area contributed by atoms with Gasteiger partial charge in [0.25, 0.3) is 0 Å². The van der Waals surface area contributed by atoms with Gasteiger partial charge in [0.1, 0.15) is 0 Å². The Labute approximate surface area is 99.6 Å². The largest absolute Gasteiger partial charge is 0.550 e. The second-order valence-electron chi connectivity index (χ2n) is 3.56. The quantitative estimate of drug-likeness (QED) is 0.631. The number of hydrogen-bond acceptors (Lipinski definition) is 3. The molecular weight excluding hydrogens is 206 g/mol. The molecule has 0 saturated carbocycles. The molecule has 0 aromatic carbocycles. The number of carbonyl (C=O) groups excluding carboxylic acids is 1. The maximum Gasteiger partial charge on any atom is 0.0414 e. The second kappa shape index (κ2) is 19.9. The summed E-state index contributed by atoms with van der Waals surface area (Å²) < 4.78 is 0. The SMILES string of the molecule is CCCCCCCCCC(=O)[O-].CCO.[NH4+]. The minimum absolute atomic E-state index is 0. The second-order valence-corrected chi connectivity index (χ2v) is 3.56. The number of aliphatic hydroxyl groups excluding tert-OH is 1. The van der Waals surface area contributed by atoms with Gasteiger partial charge < -0.3 is 21.2 Å². The van der Waals surface area contributed by atoms with Gasteiger partial charge in [-0.1, -0.05) is 45.4 Å². The molecule has 0 saturated heterocycles. The summed E-state index contributed by atoms with van der Waals surface area (Å²) in [6.07, 6.45) is 8.34. The van der Waals surface area contributed by atoms with Crippen LogP contribution in [0.4, 0.5) is 0 Å². The van der Waals surface area contributed by atoms with E-state index in [4.69, 9.17) is 5.11 Å². The zero-order valence-electron chi connectivity index (χ0n) is 11.1. The van der Waals surface area contributed by atoms with E-state index in [1.54, 1.807) is 6.92 Å². The van der Waals surface area contributed by atoms with Crippen molar-refractivity contribution in [3.8, 4) is 0 Å². The number of aliphatic carboxylic acids is 1. The lowest BCUT2D eigenvalue weighted by Crippen LogP contribution is -2.21. The van der Waals surface area contributed by atoms with E-state index in [9.17, 15) is 9.90 Å². The fourth-order valence-corrected chi connectivity index (χ4v) is 1.23. The van der Waals surface area contributed by atoms with E-state index in [0.717, 1.165) is 12.8 Å². The predicted octanol–water partition coefficient (Wildman–Crippen LogP) is 2.25. The molecule has 0 radical (unpaired) electrons. The van der Waals surface area contributed by atoms with Gasteiger partial charge in [-0.05, 0) is 19.8 Å². The summed E-state index contributed by atoms with van der Waals surface area (Å²) in [7, 11) is 0. The molecule has 0 spiro atoms. The maximum absolute atomic E-state index is 10.0. The molecule has 0 aliphatic heterocycles. The molecule has 0 unspecified atom stereocenters. The average molecular weight is 235 g/mol. The van der Waals surface area contributed by atoms with Crippen LogP contribution in [0.5, 0.6) is 0 Å². The van der Waals surface area contributed by atoms with E-state index in [0.29, 0.717) is 0 Å². The fraction of sp³-hybridized carbons (Fsp3) is 0.917. The number of aliphatic hydroxyl groups is 1. The van der Waals surface area contributed by atoms with Crippen LogP contribution in [-0.2, 0) is 4.79 Å². The Morgan fingerprint density at radius 3 is 1.75 bits per heavy atom. The Kier molecular flexibility index (Phi) is 25.8. The van der Waals surface area contributed by atoms with Crippen LogP contribution in [0.3, 0.4) is 0 Å². The molecular formula is C12H29NO3. The monoisotopic (exact) mass is 235 g/mol. The molecule has 4 nitrogen and oxygen atoms in total. The van der Waals surface area contributed by atoms with E-state index in [-0.39, 0.29) is 19.2 Å². The van der Waals surface area contributed by atoms with Gasteiger partial charge in [-0.15, -0.1) is 0 Å². The Bertz CT molecular complexity index is 129. The highest BCUT2D eigenvalue weighted by Gasteiger charge is 1.90. The van der Waals surface area contributed by atoms with Crippen molar-refractivity contribution in [2.24, 2.45) is 0 Å². The average Bonchev–Trinajstić information content (AvgIpc) is 2.17. The van der Waals surface area contributed by atoms with Gasteiger partial charge in [0.2, 0.25) is 0 Å². The number of hydrogen-bond donors (Lipinski definition) is 2. The van der Waals surface area contributed by atoms with Gasteiger partial charge in [0.05, 0.1) is 0 Å². The summed E-state index contributed by atoms with van der Waals surface area (Å²) in [6.45, 7) is 4.12. The lowest BCUT2D eigenvalue weighted by molar-refractivity contribution is -0.305. The molecule has 5 N–H and O–H groups in total.